The Labute approximate surface area is 147 Å². The Balaban J connectivity index is 3.11. The molecule has 1 aromatic rings. The highest BCUT2D eigenvalue weighted by atomic mass is 32.2. The lowest BCUT2D eigenvalue weighted by Crippen LogP contribution is -2.38. The van der Waals surface area contributed by atoms with Crippen LogP contribution in [0.1, 0.15) is 37.5 Å². The molecule has 1 N–H and O–H groups in total. The molecule has 0 unspecified atom stereocenters. The van der Waals surface area contributed by atoms with Gasteiger partial charge in [0.05, 0.1) is 11.4 Å². The lowest BCUT2D eigenvalue weighted by Gasteiger charge is -2.26. The summed E-state index contributed by atoms with van der Waals surface area (Å²) in [5.74, 6) is -1.54. The molecule has 0 bridgehead atoms. The number of carbonyl (C=O) groups is 3. The van der Waals surface area contributed by atoms with Crippen molar-refractivity contribution in [2.24, 2.45) is 5.41 Å². The number of carboxylic acids is 1. The van der Waals surface area contributed by atoms with Crippen LogP contribution in [-0.2, 0) is 14.4 Å². The van der Waals surface area contributed by atoms with Crippen molar-refractivity contribution in [2.45, 2.75) is 41.5 Å². The van der Waals surface area contributed by atoms with Gasteiger partial charge in [0.1, 0.15) is 6.54 Å². The summed E-state index contributed by atoms with van der Waals surface area (Å²) >= 11 is 0.934. The average Bonchev–Trinajstić information content (AvgIpc) is 2.46. The fraction of sp³-hybridized carbons (Fsp3) is 0.500. The molecule has 0 fully saturated rings. The summed E-state index contributed by atoms with van der Waals surface area (Å²) in [4.78, 5) is 37.1. The first-order valence-electron chi connectivity index (χ1n) is 7.71. The van der Waals surface area contributed by atoms with Gasteiger partial charge in [-0.25, -0.2) is 0 Å². The van der Waals surface area contributed by atoms with Crippen molar-refractivity contribution in [3.8, 4) is 0 Å². The predicted octanol–water partition coefficient (Wildman–Crippen LogP) is 3.34. The van der Waals surface area contributed by atoms with Gasteiger partial charge in [-0.1, -0.05) is 44.7 Å². The number of benzene rings is 1. The zero-order valence-electron chi connectivity index (χ0n) is 15.1. The fourth-order valence-electron chi connectivity index (χ4n) is 2.20. The Morgan fingerprint density at radius 1 is 1.08 bits per heavy atom. The quantitative estimate of drug-likeness (QED) is 0.881. The first-order chi connectivity index (χ1) is 10.9. The lowest BCUT2D eigenvalue weighted by molar-refractivity contribution is -0.136. The maximum atomic E-state index is 12.6. The molecule has 1 amide bonds. The average molecular weight is 351 g/mol. The second-order valence-corrected chi connectivity index (χ2v) is 7.82. The van der Waals surface area contributed by atoms with Gasteiger partial charge in [-0.05, 0) is 37.5 Å². The summed E-state index contributed by atoms with van der Waals surface area (Å²) in [7, 11) is 0. The highest BCUT2D eigenvalue weighted by Crippen LogP contribution is 2.29. The molecule has 24 heavy (non-hydrogen) atoms. The highest BCUT2D eigenvalue weighted by molar-refractivity contribution is 8.14. The molecular formula is C18H25NO4S. The van der Waals surface area contributed by atoms with E-state index in [0.29, 0.717) is 5.69 Å². The van der Waals surface area contributed by atoms with Crippen LogP contribution < -0.4 is 4.90 Å². The van der Waals surface area contributed by atoms with Crippen LogP contribution in [0.3, 0.4) is 0 Å². The number of carboxylic acid groups (broad SMARTS) is 1. The Morgan fingerprint density at radius 2 is 1.62 bits per heavy atom. The van der Waals surface area contributed by atoms with Crippen molar-refractivity contribution in [1.82, 2.24) is 0 Å². The van der Waals surface area contributed by atoms with Gasteiger partial charge in [0, 0.05) is 5.41 Å². The second kappa shape index (κ2) is 7.83. The summed E-state index contributed by atoms with van der Waals surface area (Å²) in [6.45, 7) is 10.6. The number of aliphatic carboxylic acids is 1. The highest BCUT2D eigenvalue weighted by Gasteiger charge is 2.26. The molecule has 0 spiro atoms. The molecule has 6 heteroatoms. The molecule has 1 rings (SSSR count). The minimum atomic E-state index is -1.09. The van der Waals surface area contributed by atoms with Gasteiger partial charge in [-0.2, -0.15) is 0 Å². The molecule has 0 heterocycles. The van der Waals surface area contributed by atoms with Crippen LogP contribution in [0.25, 0.3) is 0 Å². The Morgan fingerprint density at radius 3 is 2.12 bits per heavy atom. The molecular weight excluding hydrogens is 326 g/mol. The fourth-order valence-corrected chi connectivity index (χ4v) is 3.04. The number of aryl methyl sites for hydroxylation is 2. The second-order valence-electron chi connectivity index (χ2n) is 6.87. The molecule has 0 aliphatic rings. The molecule has 0 saturated carbocycles. The van der Waals surface area contributed by atoms with Crippen molar-refractivity contribution in [2.75, 3.05) is 17.2 Å². The number of anilines is 1. The van der Waals surface area contributed by atoms with Crippen LogP contribution in [0.4, 0.5) is 5.69 Å². The first-order valence-corrected chi connectivity index (χ1v) is 8.70. The number of hydrogen-bond donors (Lipinski definition) is 1. The van der Waals surface area contributed by atoms with E-state index in [1.165, 1.54) is 4.90 Å². The molecule has 5 nitrogen and oxygen atoms in total. The zero-order chi connectivity index (χ0) is 18.7. The van der Waals surface area contributed by atoms with E-state index in [1.807, 2.05) is 32.9 Å². The summed E-state index contributed by atoms with van der Waals surface area (Å²) < 4.78 is 0. The molecule has 1 aromatic carbocycles. The van der Waals surface area contributed by atoms with Crippen molar-refractivity contribution in [3.63, 3.8) is 0 Å². The largest absolute Gasteiger partial charge is 0.480 e. The number of carbonyl (C=O) groups excluding carboxylic acids is 2. The number of amides is 1. The molecule has 0 saturated heterocycles. The minimum Gasteiger partial charge on any atom is -0.480 e. The van der Waals surface area contributed by atoms with Crippen LogP contribution in [0.15, 0.2) is 12.1 Å². The van der Waals surface area contributed by atoms with Crippen LogP contribution in [0, 0.1) is 26.2 Å². The number of hydrogen-bond acceptors (Lipinski definition) is 4. The van der Waals surface area contributed by atoms with Gasteiger partial charge < -0.3 is 5.11 Å². The van der Waals surface area contributed by atoms with E-state index in [4.69, 9.17) is 0 Å². The standard InChI is InChI=1S/C18H25NO4S/c1-11-7-8-12(2)16(13(11)3)19(9-15(21)22)14(20)10-24-17(23)18(4,5)6/h7-8H,9-10H2,1-6H3,(H,21,22). The third kappa shape index (κ3) is 5.09. The monoisotopic (exact) mass is 351 g/mol. The number of thioether (sulfide) groups is 1. The zero-order valence-corrected chi connectivity index (χ0v) is 15.9. The van der Waals surface area contributed by atoms with Gasteiger partial charge in [0.2, 0.25) is 5.91 Å². The molecule has 0 aliphatic carbocycles. The van der Waals surface area contributed by atoms with E-state index in [9.17, 15) is 19.5 Å². The molecule has 0 aromatic heterocycles. The van der Waals surface area contributed by atoms with E-state index in [0.717, 1.165) is 28.5 Å². The summed E-state index contributed by atoms with van der Waals surface area (Å²) in [6, 6.07) is 3.81. The molecule has 0 atom stereocenters. The van der Waals surface area contributed by atoms with Crippen LogP contribution in [0.5, 0.6) is 0 Å². The van der Waals surface area contributed by atoms with Gasteiger partial charge in [0.15, 0.2) is 5.12 Å². The van der Waals surface area contributed by atoms with Gasteiger partial charge in [0.25, 0.3) is 0 Å². The Bertz CT molecular complexity index is 662. The van der Waals surface area contributed by atoms with Crippen LogP contribution in [0.2, 0.25) is 0 Å². The maximum Gasteiger partial charge on any atom is 0.323 e. The van der Waals surface area contributed by atoms with Crippen molar-refractivity contribution < 1.29 is 19.5 Å². The van der Waals surface area contributed by atoms with Gasteiger partial charge in [-0.3, -0.25) is 19.3 Å². The SMILES string of the molecule is Cc1ccc(C)c(N(CC(=O)O)C(=O)CSC(=O)C(C)(C)C)c1C. The van der Waals surface area contributed by atoms with Gasteiger partial charge >= 0.3 is 5.97 Å². The molecule has 132 valence electrons. The summed E-state index contributed by atoms with van der Waals surface area (Å²) in [5, 5.41) is 9.09. The summed E-state index contributed by atoms with van der Waals surface area (Å²) in [5.41, 5.74) is 2.76. The Kier molecular flexibility index (Phi) is 6.60. The minimum absolute atomic E-state index is 0.0732. The van der Waals surface area contributed by atoms with E-state index in [2.05, 4.69) is 0 Å². The molecule has 0 aliphatic heterocycles. The van der Waals surface area contributed by atoms with E-state index in [1.54, 1.807) is 20.8 Å². The topological polar surface area (TPSA) is 74.7 Å². The Hall–Kier alpha value is -1.82. The lowest BCUT2D eigenvalue weighted by atomic mass is 10.00. The van der Waals surface area contributed by atoms with E-state index >= 15 is 0 Å². The smallest absolute Gasteiger partial charge is 0.323 e. The van der Waals surface area contributed by atoms with Crippen molar-refractivity contribution in [1.29, 1.82) is 0 Å². The normalized spacial score (nSPS) is 11.2. The number of rotatable bonds is 5. The van der Waals surface area contributed by atoms with E-state index in [-0.39, 0.29) is 16.8 Å². The number of nitrogens with zero attached hydrogens (tertiary/aromatic N) is 1. The van der Waals surface area contributed by atoms with Crippen molar-refractivity contribution >= 4 is 34.4 Å². The van der Waals surface area contributed by atoms with Crippen LogP contribution in [-0.4, -0.2) is 34.4 Å². The molecule has 0 radical (unpaired) electrons. The third-order valence-corrected chi connectivity index (χ3v) is 4.97. The maximum absolute atomic E-state index is 12.6. The first kappa shape index (κ1) is 20.2. The predicted molar refractivity (Wildman–Crippen MR) is 97.6 cm³/mol. The van der Waals surface area contributed by atoms with E-state index < -0.39 is 17.9 Å². The van der Waals surface area contributed by atoms with Gasteiger partial charge in [-0.15, -0.1) is 0 Å². The van der Waals surface area contributed by atoms with Crippen molar-refractivity contribution in [3.05, 3.63) is 28.8 Å². The van der Waals surface area contributed by atoms with Crippen LogP contribution >= 0.6 is 11.8 Å². The summed E-state index contributed by atoms with van der Waals surface area (Å²) in [6.07, 6.45) is 0. The third-order valence-electron chi connectivity index (χ3n) is 3.71.